The van der Waals surface area contributed by atoms with Gasteiger partial charge in [-0.2, -0.15) is 0 Å². The van der Waals surface area contributed by atoms with E-state index in [0.717, 1.165) is 19.4 Å². The third-order valence-electron chi connectivity index (χ3n) is 4.42. The van der Waals surface area contributed by atoms with Gasteiger partial charge in [0.15, 0.2) is 0 Å². The average Bonchev–Trinajstić information content (AvgIpc) is 3.25. The van der Waals surface area contributed by atoms with Crippen LogP contribution in [0.4, 0.5) is 17.1 Å². The summed E-state index contributed by atoms with van der Waals surface area (Å²) in [4.78, 5) is 22.9. The lowest BCUT2D eigenvalue weighted by molar-refractivity contribution is -0.384. The Bertz CT molecular complexity index is 867. The van der Waals surface area contributed by atoms with Gasteiger partial charge in [-0.3, -0.25) is 14.9 Å². The van der Waals surface area contributed by atoms with Gasteiger partial charge < -0.3 is 24.8 Å². The van der Waals surface area contributed by atoms with Crippen LogP contribution in [0.25, 0.3) is 0 Å². The number of ether oxygens (including phenoxy) is 3. The first-order chi connectivity index (χ1) is 14.0. The Kier molecular flexibility index (Phi) is 6.85. The van der Waals surface area contributed by atoms with Crippen molar-refractivity contribution < 1.29 is 23.9 Å². The Morgan fingerprint density at radius 2 is 2.14 bits per heavy atom. The highest BCUT2D eigenvalue weighted by atomic mass is 16.6. The third kappa shape index (κ3) is 5.82. The number of rotatable bonds is 9. The maximum Gasteiger partial charge on any atom is 0.296 e. The van der Waals surface area contributed by atoms with Crippen molar-refractivity contribution in [2.75, 3.05) is 37.5 Å². The Balaban J connectivity index is 1.54. The van der Waals surface area contributed by atoms with E-state index in [1.54, 1.807) is 12.1 Å². The maximum absolute atomic E-state index is 12.2. The van der Waals surface area contributed by atoms with Gasteiger partial charge in [-0.25, -0.2) is 0 Å². The molecule has 9 nitrogen and oxygen atoms in total. The zero-order valence-corrected chi connectivity index (χ0v) is 16.1. The molecule has 0 aliphatic carbocycles. The smallest absolute Gasteiger partial charge is 0.296 e. The number of nitrogens with zero attached hydrogens (tertiary/aromatic N) is 1. The molecule has 1 fully saturated rings. The third-order valence-corrected chi connectivity index (χ3v) is 4.42. The van der Waals surface area contributed by atoms with E-state index in [9.17, 15) is 14.9 Å². The number of benzene rings is 2. The van der Waals surface area contributed by atoms with Crippen molar-refractivity contribution in [1.82, 2.24) is 0 Å². The quantitative estimate of drug-likeness (QED) is 0.490. The molecule has 0 aromatic heterocycles. The number of carbonyl (C=O) groups is 1. The first kappa shape index (κ1) is 20.4. The molecule has 3 rings (SSSR count). The van der Waals surface area contributed by atoms with E-state index in [2.05, 4.69) is 10.6 Å². The highest BCUT2D eigenvalue weighted by molar-refractivity contribution is 5.95. The lowest BCUT2D eigenvalue weighted by Gasteiger charge is -2.13. The molecule has 2 N–H and O–H groups in total. The molecule has 154 valence electrons. The van der Waals surface area contributed by atoms with E-state index in [0.29, 0.717) is 23.8 Å². The van der Waals surface area contributed by atoms with Gasteiger partial charge in [0.2, 0.25) is 5.91 Å². The molecule has 1 aliphatic heterocycles. The van der Waals surface area contributed by atoms with Gasteiger partial charge in [-0.1, -0.05) is 6.07 Å². The number of amides is 1. The zero-order chi connectivity index (χ0) is 20.6. The van der Waals surface area contributed by atoms with Gasteiger partial charge in [0.05, 0.1) is 30.7 Å². The van der Waals surface area contributed by atoms with E-state index < -0.39 is 10.8 Å². The molecule has 0 spiro atoms. The fraction of sp³-hybridized carbons (Fsp3) is 0.350. The fourth-order valence-corrected chi connectivity index (χ4v) is 2.93. The molecule has 9 heteroatoms. The first-order valence-corrected chi connectivity index (χ1v) is 9.26. The summed E-state index contributed by atoms with van der Waals surface area (Å²) in [6, 6.07) is 11.5. The molecule has 1 heterocycles. The lowest BCUT2D eigenvalue weighted by Crippen LogP contribution is -2.22. The molecule has 1 atom stereocenters. The van der Waals surface area contributed by atoms with Gasteiger partial charge in [0.25, 0.3) is 5.69 Å². The summed E-state index contributed by atoms with van der Waals surface area (Å²) in [6.07, 6.45) is 2.17. The summed E-state index contributed by atoms with van der Waals surface area (Å²) in [7, 11) is 1.42. The SMILES string of the molecule is COc1ccc(NC(=O)CNc2cccc(OC[C@@H]3CCCO3)c2)c([N+](=O)[O-])c1. The van der Waals surface area contributed by atoms with Gasteiger partial charge in [0.1, 0.15) is 23.8 Å². The van der Waals surface area contributed by atoms with Crippen molar-refractivity contribution in [1.29, 1.82) is 0 Å². The van der Waals surface area contributed by atoms with E-state index in [1.807, 2.05) is 18.2 Å². The molecule has 1 aliphatic rings. The molecule has 0 radical (unpaired) electrons. The van der Waals surface area contributed by atoms with Crippen molar-refractivity contribution >= 4 is 23.0 Å². The molecular formula is C20H23N3O6. The van der Waals surface area contributed by atoms with Crippen LogP contribution in [0.15, 0.2) is 42.5 Å². The molecule has 2 aromatic rings. The summed E-state index contributed by atoms with van der Waals surface area (Å²) in [5, 5.41) is 16.7. The van der Waals surface area contributed by atoms with Gasteiger partial charge in [0, 0.05) is 18.4 Å². The number of nitro benzene ring substituents is 1. The second-order valence-electron chi connectivity index (χ2n) is 6.52. The highest BCUT2D eigenvalue weighted by Crippen LogP contribution is 2.29. The van der Waals surface area contributed by atoms with E-state index in [-0.39, 0.29) is 24.0 Å². The summed E-state index contributed by atoms with van der Waals surface area (Å²) in [5.41, 5.74) is 0.577. The van der Waals surface area contributed by atoms with Crippen molar-refractivity contribution in [2.24, 2.45) is 0 Å². The molecule has 0 unspecified atom stereocenters. The number of carbonyl (C=O) groups excluding carboxylic acids is 1. The van der Waals surface area contributed by atoms with Crippen molar-refractivity contribution in [3.63, 3.8) is 0 Å². The number of hydrogen-bond donors (Lipinski definition) is 2. The van der Waals surface area contributed by atoms with Gasteiger partial charge >= 0.3 is 0 Å². The maximum atomic E-state index is 12.2. The Morgan fingerprint density at radius 1 is 1.28 bits per heavy atom. The van der Waals surface area contributed by atoms with Crippen LogP contribution in [0.3, 0.4) is 0 Å². The number of anilines is 2. The Morgan fingerprint density at radius 3 is 2.86 bits per heavy atom. The predicted octanol–water partition coefficient (Wildman–Crippen LogP) is 3.21. The predicted molar refractivity (Wildman–Crippen MR) is 108 cm³/mol. The second-order valence-corrected chi connectivity index (χ2v) is 6.52. The first-order valence-electron chi connectivity index (χ1n) is 9.26. The molecule has 29 heavy (non-hydrogen) atoms. The Labute approximate surface area is 168 Å². The summed E-state index contributed by atoms with van der Waals surface area (Å²) in [5.74, 6) is 0.605. The molecular weight excluding hydrogens is 378 g/mol. The van der Waals surface area contributed by atoms with Crippen LogP contribution in [-0.4, -0.2) is 43.8 Å². The van der Waals surface area contributed by atoms with Crippen LogP contribution in [0.5, 0.6) is 11.5 Å². The van der Waals surface area contributed by atoms with E-state index in [1.165, 1.54) is 19.2 Å². The lowest BCUT2D eigenvalue weighted by atomic mass is 10.2. The average molecular weight is 401 g/mol. The van der Waals surface area contributed by atoms with Crippen LogP contribution in [0.2, 0.25) is 0 Å². The summed E-state index contributed by atoms with van der Waals surface area (Å²) >= 11 is 0. The monoisotopic (exact) mass is 401 g/mol. The highest BCUT2D eigenvalue weighted by Gasteiger charge is 2.18. The summed E-state index contributed by atoms with van der Waals surface area (Å²) in [6.45, 7) is 1.21. The molecule has 0 saturated carbocycles. The molecule has 2 aromatic carbocycles. The second kappa shape index (κ2) is 9.74. The number of nitrogens with one attached hydrogen (secondary N) is 2. The normalized spacial score (nSPS) is 15.6. The minimum Gasteiger partial charge on any atom is -0.496 e. The minimum absolute atomic E-state index is 0.0572. The fourth-order valence-electron chi connectivity index (χ4n) is 2.93. The largest absolute Gasteiger partial charge is 0.496 e. The van der Waals surface area contributed by atoms with E-state index in [4.69, 9.17) is 14.2 Å². The molecule has 0 bridgehead atoms. The van der Waals surface area contributed by atoms with Crippen LogP contribution >= 0.6 is 0 Å². The van der Waals surface area contributed by atoms with Crippen molar-refractivity contribution in [3.8, 4) is 11.5 Å². The van der Waals surface area contributed by atoms with Crippen LogP contribution in [0.1, 0.15) is 12.8 Å². The van der Waals surface area contributed by atoms with Crippen LogP contribution in [-0.2, 0) is 9.53 Å². The summed E-state index contributed by atoms with van der Waals surface area (Å²) < 4.78 is 16.3. The van der Waals surface area contributed by atoms with Crippen LogP contribution < -0.4 is 20.1 Å². The molecule has 1 amide bonds. The zero-order valence-electron chi connectivity index (χ0n) is 16.1. The minimum atomic E-state index is -0.569. The van der Waals surface area contributed by atoms with E-state index >= 15 is 0 Å². The topological polar surface area (TPSA) is 112 Å². The Hall–Kier alpha value is -3.33. The van der Waals surface area contributed by atoms with Crippen molar-refractivity contribution in [2.45, 2.75) is 18.9 Å². The molecule has 1 saturated heterocycles. The van der Waals surface area contributed by atoms with Crippen molar-refractivity contribution in [3.05, 3.63) is 52.6 Å². The number of hydrogen-bond acceptors (Lipinski definition) is 7. The standard InChI is InChI=1S/C20H23N3O6/c1-27-15-7-8-18(19(11-15)23(25)26)22-20(24)12-21-14-4-2-5-16(10-14)29-13-17-6-3-9-28-17/h2,4-5,7-8,10-11,17,21H,3,6,9,12-13H2,1H3,(H,22,24)/t17-/m0/s1. The van der Waals surface area contributed by atoms with Gasteiger partial charge in [-0.05, 0) is 37.1 Å². The number of nitro groups is 1. The number of methoxy groups -OCH3 is 1. The van der Waals surface area contributed by atoms with Crippen LogP contribution in [0, 0.1) is 10.1 Å². The van der Waals surface area contributed by atoms with Gasteiger partial charge in [-0.15, -0.1) is 0 Å².